The zero-order valence-corrected chi connectivity index (χ0v) is 18.9. The second-order valence-corrected chi connectivity index (χ2v) is 8.40. The SMILES string of the molecule is COc1ccc(NC(=O)CC[C@H]2CCCN(C(=O)CCC(=O)c3ccccc3)C2)c(C)c1. The molecule has 170 valence electrons. The van der Waals surface area contributed by atoms with Crippen molar-refractivity contribution in [3.8, 4) is 5.75 Å². The molecular formula is C26H32N2O4. The standard InChI is InChI=1S/C26H32N2O4/c1-19-17-22(32-2)11-12-23(19)27-25(30)14-10-20-7-6-16-28(18-20)26(31)15-13-24(29)21-8-4-3-5-9-21/h3-5,8-9,11-12,17,20H,6-7,10,13-16,18H2,1-2H3,(H,27,30)/t20-/m1/s1. The number of ketones is 1. The number of Topliss-reactive ketones (excluding diaryl/α,β-unsaturated/α-hetero) is 1. The maximum absolute atomic E-state index is 12.6. The second-order valence-electron chi connectivity index (χ2n) is 8.40. The summed E-state index contributed by atoms with van der Waals surface area (Å²) in [4.78, 5) is 39.2. The number of nitrogens with one attached hydrogen (secondary N) is 1. The normalized spacial score (nSPS) is 15.8. The average Bonchev–Trinajstić information content (AvgIpc) is 2.83. The Hall–Kier alpha value is -3.15. The Morgan fingerprint density at radius 1 is 1.06 bits per heavy atom. The summed E-state index contributed by atoms with van der Waals surface area (Å²) < 4.78 is 5.20. The fourth-order valence-corrected chi connectivity index (χ4v) is 4.13. The van der Waals surface area contributed by atoms with Crippen LogP contribution in [-0.4, -0.2) is 42.7 Å². The number of carbonyl (C=O) groups excluding carboxylic acids is 3. The number of hydrogen-bond donors (Lipinski definition) is 1. The number of rotatable bonds is 9. The van der Waals surface area contributed by atoms with Crippen molar-refractivity contribution < 1.29 is 19.1 Å². The van der Waals surface area contributed by atoms with Crippen LogP contribution in [0.2, 0.25) is 0 Å². The molecule has 6 heteroatoms. The van der Waals surface area contributed by atoms with Crippen molar-refractivity contribution in [2.45, 2.75) is 45.4 Å². The molecule has 0 unspecified atom stereocenters. The number of anilines is 1. The monoisotopic (exact) mass is 436 g/mol. The van der Waals surface area contributed by atoms with Crippen molar-refractivity contribution in [2.75, 3.05) is 25.5 Å². The van der Waals surface area contributed by atoms with Crippen LogP contribution in [0, 0.1) is 12.8 Å². The minimum Gasteiger partial charge on any atom is -0.497 e. The fourth-order valence-electron chi connectivity index (χ4n) is 4.13. The Kier molecular flexibility index (Phi) is 8.42. The molecule has 2 aromatic rings. The molecular weight excluding hydrogens is 404 g/mol. The zero-order chi connectivity index (χ0) is 22.9. The maximum atomic E-state index is 12.6. The number of benzene rings is 2. The highest BCUT2D eigenvalue weighted by atomic mass is 16.5. The Labute approximate surface area is 189 Å². The molecule has 3 rings (SSSR count). The first-order chi connectivity index (χ1) is 15.5. The molecule has 0 saturated carbocycles. The molecule has 0 spiro atoms. The fraction of sp³-hybridized carbons (Fsp3) is 0.423. The lowest BCUT2D eigenvalue weighted by molar-refractivity contribution is -0.133. The average molecular weight is 437 g/mol. The summed E-state index contributed by atoms with van der Waals surface area (Å²) in [6, 6.07) is 14.7. The van der Waals surface area contributed by atoms with Crippen LogP contribution in [-0.2, 0) is 9.59 Å². The zero-order valence-electron chi connectivity index (χ0n) is 18.9. The lowest BCUT2D eigenvalue weighted by atomic mass is 9.93. The van der Waals surface area contributed by atoms with Gasteiger partial charge in [0.2, 0.25) is 11.8 Å². The van der Waals surface area contributed by atoms with E-state index in [9.17, 15) is 14.4 Å². The second kappa shape index (κ2) is 11.5. The van der Waals surface area contributed by atoms with Gasteiger partial charge in [-0.25, -0.2) is 0 Å². The number of methoxy groups -OCH3 is 1. The summed E-state index contributed by atoms with van der Waals surface area (Å²) in [5.74, 6) is 1.07. The molecule has 1 aliphatic rings. The van der Waals surface area contributed by atoms with E-state index in [2.05, 4.69) is 5.32 Å². The third kappa shape index (κ3) is 6.67. The number of piperidine rings is 1. The van der Waals surface area contributed by atoms with Gasteiger partial charge in [-0.05, 0) is 55.9 Å². The molecule has 0 aromatic heterocycles. The van der Waals surface area contributed by atoms with Crippen molar-refractivity contribution in [1.29, 1.82) is 0 Å². The highest BCUT2D eigenvalue weighted by Crippen LogP contribution is 2.24. The Bertz CT molecular complexity index is 942. The summed E-state index contributed by atoms with van der Waals surface area (Å²) in [5, 5.41) is 2.97. The third-order valence-corrected chi connectivity index (χ3v) is 6.02. The van der Waals surface area contributed by atoms with E-state index >= 15 is 0 Å². The maximum Gasteiger partial charge on any atom is 0.224 e. The van der Waals surface area contributed by atoms with Gasteiger partial charge < -0.3 is 15.0 Å². The van der Waals surface area contributed by atoms with Gasteiger partial charge in [-0.1, -0.05) is 30.3 Å². The van der Waals surface area contributed by atoms with Crippen LogP contribution < -0.4 is 10.1 Å². The van der Waals surface area contributed by atoms with Crippen LogP contribution in [0.15, 0.2) is 48.5 Å². The van der Waals surface area contributed by atoms with Crippen LogP contribution in [0.4, 0.5) is 5.69 Å². The summed E-state index contributed by atoms with van der Waals surface area (Å²) in [6.45, 7) is 3.32. The van der Waals surface area contributed by atoms with Crippen molar-refractivity contribution in [1.82, 2.24) is 4.90 Å². The van der Waals surface area contributed by atoms with Gasteiger partial charge >= 0.3 is 0 Å². The summed E-state index contributed by atoms with van der Waals surface area (Å²) in [7, 11) is 1.62. The Morgan fingerprint density at radius 2 is 1.84 bits per heavy atom. The molecule has 0 aliphatic carbocycles. The first kappa shape index (κ1) is 23.5. The third-order valence-electron chi connectivity index (χ3n) is 6.02. The van der Waals surface area contributed by atoms with E-state index in [0.29, 0.717) is 24.4 Å². The number of ether oxygens (including phenoxy) is 1. The minimum atomic E-state index is -0.0184. The predicted octanol–water partition coefficient (Wildman–Crippen LogP) is 4.62. The van der Waals surface area contributed by atoms with E-state index in [1.807, 2.05) is 48.2 Å². The molecule has 0 bridgehead atoms. The number of carbonyl (C=O) groups is 3. The molecule has 32 heavy (non-hydrogen) atoms. The van der Waals surface area contributed by atoms with Crippen molar-refractivity contribution >= 4 is 23.3 Å². The van der Waals surface area contributed by atoms with E-state index in [1.54, 1.807) is 19.2 Å². The summed E-state index contributed by atoms with van der Waals surface area (Å²) >= 11 is 0. The first-order valence-electron chi connectivity index (χ1n) is 11.3. The number of aryl methyl sites for hydroxylation is 1. The molecule has 1 heterocycles. The van der Waals surface area contributed by atoms with E-state index in [4.69, 9.17) is 4.74 Å². The molecule has 2 amide bonds. The number of likely N-dealkylation sites (tertiary alicyclic amines) is 1. The molecule has 1 atom stereocenters. The molecule has 1 saturated heterocycles. The van der Waals surface area contributed by atoms with Gasteiger partial charge in [-0.2, -0.15) is 0 Å². The van der Waals surface area contributed by atoms with Crippen LogP contribution in [0.1, 0.15) is 54.4 Å². The van der Waals surface area contributed by atoms with E-state index in [-0.39, 0.29) is 30.4 Å². The van der Waals surface area contributed by atoms with Gasteiger partial charge in [-0.15, -0.1) is 0 Å². The number of hydrogen-bond acceptors (Lipinski definition) is 4. The molecule has 1 fully saturated rings. The number of amides is 2. The Morgan fingerprint density at radius 3 is 2.56 bits per heavy atom. The van der Waals surface area contributed by atoms with Crippen LogP contribution >= 0.6 is 0 Å². The highest BCUT2D eigenvalue weighted by Gasteiger charge is 2.24. The highest BCUT2D eigenvalue weighted by molar-refractivity contribution is 5.97. The lowest BCUT2D eigenvalue weighted by Gasteiger charge is -2.33. The molecule has 1 N–H and O–H groups in total. The van der Waals surface area contributed by atoms with Gasteiger partial charge in [0.1, 0.15) is 5.75 Å². The number of nitrogens with zero attached hydrogens (tertiary/aromatic N) is 1. The van der Waals surface area contributed by atoms with E-state index < -0.39 is 0 Å². The van der Waals surface area contributed by atoms with Gasteiger partial charge in [-0.3, -0.25) is 14.4 Å². The van der Waals surface area contributed by atoms with Crippen molar-refractivity contribution in [3.63, 3.8) is 0 Å². The largest absolute Gasteiger partial charge is 0.497 e. The minimum absolute atomic E-state index is 0.00185. The van der Waals surface area contributed by atoms with Crippen molar-refractivity contribution in [2.24, 2.45) is 5.92 Å². The van der Waals surface area contributed by atoms with Crippen LogP contribution in [0.5, 0.6) is 5.75 Å². The Balaban J connectivity index is 1.42. The first-order valence-corrected chi connectivity index (χ1v) is 11.3. The van der Waals surface area contributed by atoms with Crippen LogP contribution in [0.3, 0.4) is 0 Å². The topological polar surface area (TPSA) is 75.7 Å². The van der Waals surface area contributed by atoms with Crippen LogP contribution in [0.25, 0.3) is 0 Å². The predicted molar refractivity (Wildman–Crippen MR) is 125 cm³/mol. The van der Waals surface area contributed by atoms with Gasteiger partial charge in [0.25, 0.3) is 0 Å². The van der Waals surface area contributed by atoms with Crippen molar-refractivity contribution in [3.05, 3.63) is 59.7 Å². The lowest BCUT2D eigenvalue weighted by Crippen LogP contribution is -2.40. The van der Waals surface area contributed by atoms with Gasteiger partial charge in [0.15, 0.2) is 5.78 Å². The van der Waals surface area contributed by atoms with Gasteiger partial charge in [0.05, 0.1) is 7.11 Å². The van der Waals surface area contributed by atoms with E-state index in [0.717, 1.165) is 42.8 Å². The summed E-state index contributed by atoms with van der Waals surface area (Å²) in [6.07, 6.45) is 3.58. The smallest absolute Gasteiger partial charge is 0.224 e. The quantitative estimate of drug-likeness (QED) is 0.582. The molecule has 0 radical (unpaired) electrons. The molecule has 1 aliphatic heterocycles. The molecule has 2 aromatic carbocycles. The molecule has 6 nitrogen and oxygen atoms in total. The summed E-state index contributed by atoms with van der Waals surface area (Å²) in [5.41, 5.74) is 2.39. The van der Waals surface area contributed by atoms with Gasteiger partial charge in [0, 0.05) is 43.6 Å². The van der Waals surface area contributed by atoms with E-state index in [1.165, 1.54) is 0 Å².